The second-order valence-electron chi connectivity index (χ2n) is 7.35. The largest absolute Gasteiger partial charge is 0.693 e. The summed E-state index contributed by atoms with van der Waals surface area (Å²) >= 11 is 1.61. The van der Waals surface area contributed by atoms with Crippen LogP contribution in [0.25, 0.3) is 34.0 Å². The van der Waals surface area contributed by atoms with Gasteiger partial charge in [0.15, 0.2) is 18.0 Å². The quantitative estimate of drug-likeness (QED) is 0.170. The van der Waals surface area contributed by atoms with Gasteiger partial charge in [-0.1, -0.05) is 72.2 Å². The smallest absolute Gasteiger partial charge is 0.0708 e. The summed E-state index contributed by atoms with van der Waals surface area (Å²) in [5.41, 5.74) is 1.06. The fraction of sp³-hybridized carbons (Fsp3) is 0.414. The Morgan fingerprint density at radius 2 is 1.42 bits per heavy atom. The number of hydrogen-bond acceptors (Lipinski definition) is 8. The average Bonchev–Trinajstić information content (AvgIpc) is 2.89. The number of fused-ring (bicyclic) bond motifs is 3. The number of aliphatic carboxylic acids is 1. The van der Waals surface area contributed by atoms with Gasteiger partial charge in [0, 0.05) is 24.1 Å². The number of hydrogen-bond donors (Lipinski definition) is 1. The molecule has 2 unspecified atom stereocenters. The number of carboxylic acids is 1. The molecule has 0 saturated heterocycles. The molecule has 7 N–H and O–H groups in total. The van der Waals surface area contributed by atoms with Gasteiger partial charge in [-0.25, -0.2) is 4.79 Å². The predicted molar refractivity (Wildman–Crippen MR) is 171 cm³/mol. The van der Waals surface area contributed by atoms with Crippen LogP contribution >= 0.6 is 9.42 Å². The maximum atomic E-state index is 11.6. The molecule has 2 aromatic carbocycles. The summed E-state index contributed by atoms with van der Waals surface area (Å²) in [6, 6.07) is 16.6. The standard InChI is InChI=1S/C13H9N.C12H18O8.4CH4.ClH.2H2N.H2O.Pt/c1-2-6-11-10(5-1)9-14-13-8-4-3-7-12(11)13;1-7(13)8(2)20-12(17)9(18-3)6-19-11(16)5-4-10(14)15;;;;;;;;;/h1-9H;8-9H,4-6H2,1-3H3,(H,14,15);4*1H4;1H;3*1H2;/q;;;;;;;2*-1;;+1/p-1. The van der Waals surface area contributed by atoms with Gasteiger partial charge in [-0.2, -0.15) is 0 Å². The van der Waals surface area contributed by atoms with Gasteiger partial charge in [0.25, 0.3) is 0 Å². The third-order valence-corrected chi connectivity index (χ3v) is 4.85. The van der Waals surface area contributed by atoms with Gasteiger partial charge in [-0.05, 0) is 25.3 Å². The van der Waals surface area contributed by atoms with Gasteiger partial charge < -0.3 is 37.1 Å². The van der Waals surface area contributed by atoms with Crippen LogP contribution in [-0.4, -0.2) is 65.2 Å². The molecule has 14 heteroatoms. The second kappa shape index (κ2) is 30.5. The number of carbonyl (C=O) groups excluding carboxylic acids is 3. The SMILES string of the molecule is C.C.C.C.COC(COC(=O)CCC(=O)O)C(=O)OC(C)C(C)=O.O.[Cl][Pt].[NH2-].[NH2-].c1ccc2c(c1)cnc1ccccc12. The van der Waals surface area contributed by atoms with E-state index >= 15 is 0 Å². The van der Waals surface area contributed by atoms with Crippen molar-refractivity contribution in [3.8, 4) is 0 Å². The van der Waals surface area contributed by atoms with Crippen molar-refractivity contribution in [3.63, 3.8) is 0 Å². The van der Waals surface area contributed by atoms with Gasteiger partial charge in [0.05, 0.1) is 18.4 Å². The van der Waals surface area contributed by atoms with Gasteiger partial charge in [0.2, 0.25) is 0 Å². The first-order valence-electron chi connectivity index (χ1n) is 10.7. The fourth-order valence-corrected chi connectivity index (χ4v) is 2.82. The first-order chi connectivity index (χ1) is 17.2. The van der Waals surface area contributed by atoms with E-state index in [0.29, 0.717) is 0 Å². The Morgan fingerprint density at radius 1 is 0.907 bits per heavy atom. The van der Waals surface area contributed by atoms with E-state index in [-0.39, 0.29) is 66.1 Å². The van der Waals surface area contributed by atoms with Crippen LogP contribution in [0.1, 0.15) is 56.4 Å². The van der Waals surface area contributed by atoms with Crippen molar-refractivity contribution in [3.05, 3.63) is 67.0 Å². The Kier molecular flexibility index (Phi) is 39.6. The van der Waals surface area contributed by atoms with Crippen molar-refractivity contribution in [1.82, 2.24) is 4.98 Å². The van der Waals surface area contributed by atoms with E-state index in [9.17, 15) is 19.2 Å². The summed E-state index contributed by atoms with van der Waals surface area (Å²) in [6.07, 6.45) is -0.807. The monoisotopic (exact) mass is 813 g/mol. The van der Waals surface area contributed by atoms with Gasteiger partial charge in [0.1, 0.15) is 6.61 Å². The summed E-state index contributed by atoms with van der Waals surface area (Å²) < 4.78 is 14.3. The molecule has 12 nitrogen and oxygen atoms in total. The molecule has 0 bridgehead atoms. The minimum Gasteiger partial charge on any atom is -0.693 e. The van der Waals surface area contributed by atoms with Crippen LogP contribution in [-0.2, 0) is 52.2 Å². The number of nitrogens with zero attached hydrogens (tertiary/aromatic N) is 1. The van der Waals surface area contributed by atoms with E-state index in [1.54, 1.807) is 18.8 Å². The zero-order chi connectivity index (χ0) is 27.1. The summed E-state index contributed by atoms with van der Waals surface area (Å²) in [5.74, 6) is -3.05. The van der Waals surface area contributed by atoms with Crippen molar-refractivity contribution < 1.29 is 62.7 Å². The number of carboxylic acid groups (broad SMARTS) is 1. The number of halogens is 1. The number of para-hydroxylation sites is 1. The number of nitrogens with two attached hydrogens (primary N) is 2. The van der Waals surface area contributed by atoms with Crippen LogP contribution in [0.5, 0.6) is 0 Å². The number of ketones is 1. The summed E-state index contributed by atoms with van der Waals surface area (Å²) in [4.78, 5) is 48.4. The van der Waals surface area contributed by atoms with Crippen molar-refractivity contribution in [2.24, 2.45) is 0 Å². The molecule has 0 amide bonds. The Balaban J connectivity index is -0.000000101. The molecule has 0 fully saturated rings. The average molecular weight is 814 g/mol. The van der Waals surface area contributed by atoms with E-state index in [4.69, 9.17) is 19.3 Å². The molecule has 3 aromatic rings. The Bertz CT molecular complexity index is 1130. The fourth-order valence-electron chi connectivity index (χ4n) is 2.82. The third-order valence-electron chi connectivity index (χ3n) is 4.85. The Labute approximate surface area is 271 Å². The maximum Gasteiger partial charge on any atom is 0.0708 e. The topological polar surface area (TPSA) is 228 Å². The van der Waals surface area contributed by atoms with Gasteiger partial charge in [-0.15, -0.1) is 0 Å². The zero-order valence-corrected chi connectivity index (χ0v) is 24.6. The molecule has 43 heavy (non-hydrogen) atoms. The number of methoxy groups -OCH3 is 1. The first-order valence-corrected chi connectivity index (χ1v) is 13.5. The molecule has 0 radical (unpaired) electrons. The van der Waals surface area contributed by atoms with Gasteiger partial charge in [-0.3, -0.25) is 19.4 Å². The molecule has 0 saturated carbocycles. The minimum atomic E-state index is -1.16. The number of pyridine rings is 1. The van der Waals surface area contributed by atoms with Crippen LogP contribution < -0.4 is 0 Å². The van der Waals surface area contributed by atoms with E-state index in [2.05, 4.69) is 44.7 Å². The summed E-state index contributed by atoms with van der Waals surface area (Å²) in [7, 11) is 5.83. The minimum absolute atomic E-state index is 0. The molecule has 2 atom stereocenters. The molecule has 0 aliphatic rings. The van der Waals surface area contributed by atoms with Crippen LogP contribution in [0.15, 0.2) is 54.7 Å². The van der Waals surface area contributed by atoms with E-state index in [0.717, 1.165) is 5.52 Å². The predicted octanol–water partition coefficient (Wildman–Crippen LogP) is 7.16. The molecule has 0 spiro atoms. The van der Waals surface area contributed by atoms with Crippen LogP contribution in [0, 0.1) is 0 Å². The Morgan fingerprint density at radius 3 is 1.93 bits per heavy atom. The van der Waals surface area contributed by atoms with E-state index in [1.165, 1.54) is 37.1 Å². The molecule has 1 aromatic heterocycles. The normalized spacial score (nSPS) is 9.81. The van der Waals surface area contributed by atoms with Gasteiger partial charge >= 0.3 is 46.1 Å². The summed E-state index contributed by atoms with van der Waals surface area (Å²) in [6.45, 7) is 2.27. The molecule has 3 rings (SSSR count). The molecule has 1 heterocycles. The van der Waals surface area contributed by atoms with Crippen molar-refractivity contribution in [2.75, 3.05) is 13.7 Å². The van der Waals surface area contributed by atoms with Crippen LogP contribution in [0.2, 0.25) is 0 Å². The Hall–Kier alpha value is -2.99. The number of benzene rings is 2. The number of aromatic nitrogens is 1. The molecule has 0 aliphatic heterocycles. The number of ether oxygens (including phenoxy) is 3. The van der Waals surface area contributed by atoms with Crippen LogP contribution in [0.3, 0.4) is 0 Å². The number of Topliss-reactive ketones (excluding diaryl/α,β-unsaturated/α-hetero) is 1. The molecule has 253 valence electrons. The van der Waals surface area contributed by atoms with Crippen LogP contribution in [0.4, 0.5) is 0 Å². The first kappa shape index (κ1) is 55.9. The maximum absolute atomic E-state index is 11.6. The van der Waals surface area contributed by atoms with E-state index in [1.807, 2.05) is 24.4 Å². The molecular weight excluding hydrogens is 765 g/mol. The zero-order valence-electron chi connectivity index (χ0n) is 21.6. The van der Waals surface area contributed by atoms with Crippen molar-refractivity contribution in [2.45, 2.75) is 68.6 Å². The number of rotatable bonds is 9. The summed E-state index contributed by atoms with van der Waals surface area (Å²) in [5, 5.41) is 12.1. The number of esters is 2. The van der Waals surface area contributed by atoms with Crippen molar-refractivity contribution in [1.29, 1.82) is 0 Å². The van der Waals surface area contributed by atoms with E-state index < -0.39 is 36.7 Å². The molecular formula is C29H49ClN3O9Pt-2. The number of carbonyl (C=O) groups is 4. The second-order valence-corrected chi connectivity index (χ2v) is 7.35. The third kappa shape index (κ3) is 19.8. The molecule has 0 aliphatic carbocycles. The van der Waals surface area contributed by atoms with Crippen molar-refractivity contribution >= 4 is 54.8 Å².